The Labute approximate surface area is 178 Å². The summed E-state index contributed by atoms with van der Waals surface area (Å²) in [6, 6.07) is 24.2. The van der Waals surface area contributed by atoms with E-state index in [0.29, 0.717) is 12.0 Å². The molecule has 4 rings (SSSR count). The van der Waals surface area contributed by atoms with Crippen LogP contribution >= 0.6 is 15.9 Å². The summed E-state index contributed by atoms with van der Waals surface area (Å²) >= 11 is 3.45. The molecule has 0 radical (unpaired) electrons. The van der Waals surface area contributed by atoms with Gasteiger partial charge >= 0.3 is 0 Å². The lowest BCUT2D eigenvalue weighted by atomic mass is 9.87. The van der Waals surface area contributed by atoms with Gasteiger partial charge in [-0.2, -0.15) is 0 Å². The average molecular weight is 452 g/mol. The monoisotopic (exact) mass is 451 g/mol. The molecule has 1 N–H and O–H groups in total. The fourth-order valence-electron chi connectivity index (χ4n) is 4.05. The van der Waals surface area contributed by atoms with Crippen molar-refractivity contribution in [3.8, 4) is 5.75 Å². The minimum Gasteiger partial charge on any atom is -0.497 e. The molecule has 0 aromatic heterocycles. The molecule has 0 unspecified atom stereocenters. The smallest absolute Gasteiger partial charge is 0.185 e. The Hall–Kier alpha value is -2.63. The topological polar surface area (TPSA) is 49.8 Å². The molecule has 1 heterocycles. The number of ether oxygens (including phenoxy) is 1. The molecular weight excluding hydrogens is 430 g/mol. The molecule has 3 atom stereocenters. The molecule has 4 nitrogen and oxygen atoms in total. The number of benzene rings is 3. The third-order valence-electron chi connectivity index (χ3n) is 5.46. The molecule has 1 aliphatic rings. The minimum atomic E-state index is -0.749. The van der Waals surface area contributed by atoms with Gasteiger partial charge in [-0.05, 0) is 42.0 Å². The van der Waals surface area contributed by atoms with Gasteiger partial charge in [0.1, 0.15) is 18.0 Å². The van der Waals surface area contributed by atoms with Crippen LogP contribution in [0.25, 0.3) is 0 Å². The average Bonchev–Trinajstić information content (AvgIpc) is 3.11. The molecule has 148 valence electrons. The number of carbonyl (C=O) groups is 1. The molecule has 3 aromatic carbocycles. The number of anilines is 1. The van der Waals surface area contributed by atoms with E-state index >= 15 is 0 Å². The molecule has 1 fully saturated rings. The van der Waals surface area contributed by atoms with Crippen molar-refractivity contribution in [3.63, 3.8) is 0 Å². The highest BCUT2D eigenvalue weighted by molar-refractivity contribution is 9.10. The number of hydrogen-bond acceptors (Lipinski definition) is 4. The lowest BCUT2D eigenvalue weighted by Crippen LogP contribution is -2.42. The third-order valence-corrected chi connectivity index (χ3v) is 5.99. The quantitative estimate of drug-likeness (QED) is 0.553. The zero-order valence-electron chi connectivity index (χ0n) is 16.0. The van der Waals surface area contributed by atoms with Gasteiger partial charge in [0, 0.05) is 28.1 Å². The number of nitrogens with zero attached hydrogens (tertiary/aromatic N) is 1. The molecular formula is C24H22BrNO3. The number of hydrogen-bond donors (Lipinski definition) is 1. The normalized spacial score (nSPS) is 21.2. The fraction of sp³-hybridized carbons (Fsp3) is 0.208. The Kier molecular flexibility index (Phi) is 5.69. The van der Waals surface area contributed by atoms with Crippen molar-refractivity contribution in [2.45, 2.75) is 24.6 Å². The van der Waals surface area contributed by atoms with Crippen molar-refractivity contribution in [2.75, 3.05) is 12.0 Å². The SMILES string of the molecule is COc1ccc([C@@H]2C[C@@H](O)N(c3ccc(Br)cc3)[C@H]2C(=O)c2ccccc2)cc1. The second-order valence-electron chi connectivity index (χ2n) is 7.15. The first kappa shape index (κ1) is 19.7. The first-order chi connectivity index (χ1) is 14.1. The molecule has 5 heteroatoms. The van der Waals surface area contributed by atoms with E-state index in [1.165, 1.54) is 0 Å². The fourth-order valence-corrected chi connectivity index (χ4v) is 4.31. The van der Waals surface area contributed by atoms with Gasteiger partial charge in [0.25, 0.3) is 0 Å². The predicted octanol–water partition coefficient (Wildman–Crippen LogP) is 5.02. The van der Waals surface area contributed by atoms with E-state index in [1.807, 2.05) is 83.8 Å². The number of ketones is 1. The molecule has 29 heavy (non-hydrogen) atoms. The predicted molar refractivity (Wildman–Crippen MR) is 118 cm³/mol. The van der Waals surface area contributed by atoms with Crippen LogP contribution in [0.3, 0.4) is 0 Å². The van der Waals surface area contributed by atoms with E-state index in [9.17, 15) is 9.90 Å². The molecule has 0 bridgehead atoms. The van der Waals surface area contributed by atoms with Crippen molar-refractivity contribution in [2.24, 2.45) is 0 Å². The van der Waals surface area contributed by atoms with Gasteiger partial charge in [-0.3, -0.25) is 4.79 Å². The third kappa shape index (κ3) is 3.93. The van der Waals surface area contributed by atoms with E-state index in [2.05, 4.69) is 15.9 Å². The maximum atomic E-state index is 13.6. The van der Waals surface area contributed by atoms with Crippen molar-refractivity contribution in [1.82, 2.24) is 0 Å². The highest BCUT2D eigenvalue weighted by Gasteiger charge is 2.45. The molecule has 0 amide bonds. The van der Waals surface area contributed by atoms with E-state index in [4.69, 9.17) is 4.74 Å². The van der Waals surface area contributed by atoms with Crippen LogP contribution in [-0.4, -0.2) is 30.3 Å². The Morgan fingerprint density at radius 1 is 1.00 bits per heavy atom. The summed E-state index contributed by atoms with van der Waals surface area (Å²) in [5.74, 6) is 0.640. The Bertz CT molecular complexity index is 973. The van der Waals surface area contributed by atoms with Gasteiger partial charge in [0.05, 0.1) is 7.11 Å². The highest BCUT2D eigenvalue weighted by atomic mass is 79.9. The number of Topliss-reactive ketones (excluding diaryl/α,β-unsaturated/α-hetero) is 1. The Balaban J connectivity index is 1.77. The second-order valence-corrected chi connectivity index (χ2v) is 8.07. The van der Waals surface area contributed by atoms with Gasteiger partial charge < -0.3 is 14.7 Å². The maximum absolute atomic E-state index is 13.6. The van der Waals surface area contributed by atoms with Crippen LogP contribution in [-0.2, 0) is 0 Å². The summed E-state index contributed by atoms with van der Waals surface area (Å²) in [7, 11) is 1.63. The summed E-state index contributed by atoms with van der Waals surface area (Å²) < 4.78 is 6.22. The number of halogens is 1. The first-order valence-corrected chi connectivity index (χ1v) is 10.3. The van der Waals surface area contributed by atoms with Gasteiger partial charge in [-0.25, -0.2) is 0 Å². The van der Waals surface area contributed by atoms with Crippen molar-refractivity contribution in [3.05, 3.63) is 94.5 Å². The van der Waals surface area contributed by atoms with Crippen molar-refractivity contribution >= 4 is 27.4 Å². The van der Waals surface area contributed by atoms with E-state index < -0.39 is 12.3 Å². The first-order valence-electron chi connectivity index (χ1n) is 9.53. The van der Waals surface area contributed by atoms with Crippen LogP contribution < -0.4 is 9.64 Å². The maximum Gasteiger partial charge on any atom is 0.185 e. The summed E-state index contributed by atoms with van der Waals surface area (Å²) in [6.45, 7) is 0. The zero-order chi connectivity index (χ0) is 20.4. The lowest BCUT2D eigenvalue weighted by molar-refractivity contribution is 0.0946. The van der Waals surface area contributed by atoms with Crippen LogP contribution in [0.15, 0.2) is 83.3 Å². The zero-order valence-corrected chi connectivity index (χ0v) is 17.6. The highest BCUT2D eigenvalue weighted by Crippen LogP contribution is 2.41. The van der Waals surface area contributed by atoms with E-state index in [-0.39, 0.29) is 11.7 Å². The van der Waals surface area contributed by atoms with Gasteiger partial charge in [-0.15, -0.1) is 0 Å². The van der Waals surface area contributed by atoms with Crippen molar-refractivity contribution in [1.29, 1.82) is 0 Å². The molecule has 0 saturated carbocycles. The van der Waals surface area contributed by atoms with Crippen LogP contribution in [0, 0.1) is 0 Å². The number of carbonyl (C=O) groups excluding carboxylic acids is 1. The standard InChI is InChI=1S/C24H22BrNO3/c1-29-20-13-7-16(8-14-20)21-15-22(27)26(19-11-9-18(25)10-12-19)23(21)24(28)17-5-3-2-4-6-17/h2-14,21-23,27H,15H2,1H3/t21-,22+,23+/m0/s1. The van der Waals surface area contributed by atoms with E-state index in [1.54, 1.807) is 7.11 Å². The minimum absolute atomic E-state index is 0.00545. The summed E-state index contributed by atoms with van der Waals surface area (Å²) in [6.07, 6.45) is -0.271. The number of aliphatic hydroxyl groups is 1. The molecule has 3 aromatic rings. The molecule has 0 spiro atoms. The molecule has 1 aliphatic heterocycles. The summed E-state index contributed by atoms with van der Waals surface area (Å²) in [4.78, 5) is 15.4. The van der Waals surface area contributed by atoms with Gasteiger partial charge in [-0.1, -0.05) is 58.4 Å². The van der Waals surface area contributed by atoms with Gasteiger partial charge in [0.2, 0.25) is 0 Å². The molecule has 0 aliphatic carbocycles. The second kappa shape index (κ2) is 8.39. The number of rotatable bonds is 5. The number of methoxy groups -OCH3 is 1. The Morgan fingerprint density at radius 3 is 2.28 bits per heavy atom. The van der Waals surface area contributed by atoms with Gasteiger partial charge in [0.15, 0.2) is 5.78 Å². The van der Waals surface area contributed by atoms with Crippen LogP contribution in [0.1, 0.15) is 28.3 Å². The lowest BCUT2D eigenvalue weighted by Gasteiger charge is -2.31. The van der Waals surface area contributed by atoms with E-state index in [0.717, 1.165) is 21.5 Å². The summed E-state index contributed by atoms with van der Waals surface area (Å²) in [5.41, 5.74) is 2.48. The molecule has 1 saturated heterocycles. The van der Waals surface area contributed by atoms with Crippen molar-refractivity contribution < 1.29 is 14.6 Å². The number of aliphatic hydroxyl groups excluding tert-OH is 1. The van der Waals surface area contributed by atoms with Crippen LogP contribution in [0.5, 0.6) is 5.75 Å². The van der Waals surface area contributed by atoms with Crippen LogP contribution in [0.2, 0.25) is 0 Å². The summed E-state index contributed by atoms with van der Waals surface area (Å²) in [5, 5.41) is 10.9. The van der Waals surface area contributed by atoms with Crippen LogP contribution in [0.4, 0.5) is 5.69 Å². The Morgan fingerprint density at radius 2 is 1.66 bits per heavy atom. The largest absolute Gasteiger partial charge is 0.497 e.